The van der Waals surface area contributed by atoms with Gasteiger partial charge in [0, 0.05) is 18.9 Å². The lowest BCUT2D eigenvalue weighted by Crippen LogP contribution is -2.50. The van der Waals surface area contributed by atoms with Crippen LogP contribution in [0.3, 0.4) is 0 Å². The fourth-order valence-electron chi connectivity index (χ4n) is 3.01. The molecule has 0 aromatic carbocycles. The van der Waals surface area contributed by atoms with Crippen molar-refractivity contribution in [2.45, 2.75) is 44.2 Å². The predicted molar refractivity (Wildman–Crippen MR) is 71.6 cm³/mol. The lowest BCUT2D eigenvalue weighted by molar-refractivity contribution is -0.0768. The molecule has 3 N–H and O–H groups in total. The van der Waals surface area contributed by atoms with Crippen molar-refractivity contribution in [2.24, 2.45) is 11.8 Å². The van der Waals surface area contributed by atoms with Crippen LogP contribution in [-0.2, 0) is 4.74 Å². The summed E-state index contributed by atoms with van der Waals surface area (Å²) in [6.45, 7) is 2.23. The molecule has 1 aliphatic carbocycles. The van der Waals surface area contributed by atoms with Crippen molar-refractivity contribution in [3.8, 4) is 0 Å². The van der Waals surface area contributed by atoms with Crippen LogP contribution in [0.15, 0.2) is 18.5 Å². The highest BCUT2D eigenvalue weighted by atomic mass is 19.1. The van der Waals surface area contributed by atoms with E-state index in [0.717, 1.165) is 25.7 Å². The standard InChI is InChI=1S/C14H22FN3O/c1-10-3-6-14(19-2,7-4-10)13(18-16)11-5-8-17-9-12(11)15/h5,8-10,13,18H,3-4,6-7,16H2,1-2H3. The summed E-state index contributed by atoms with van der Waals surface area (Å²) in [7, 11) is 1.68. The second-order valence-electron chi connectivity index (χ2n) is 5.45. The Morgan fingerprint density at radius 2 is 2.21 bits per heavy atom. The maximum atomic E-state index is 14.0. The Kier molecular flexibility index (Phi) is 4.50. The van der Waals surface area contributed by atoms with Gasteiger partial charge in [-0.15, -0.1) is 0 Å². The third-order valence-corrected chi connectivity index (χ3v) is 4.33. The summed E-state index contributed by atoms with van der Waals surface area (Å²) < 4.78 is 19.7. The van der Waals surface area contributed by atoms with Crippen LogP contribution in [0.4, 0.5) is 4.39 Å². The largest absolute Gasteiger partial charge is 0.376 e. The maximum Gasteiger partial charge on any atom is 0.146 e. The molecule has 0 aliphatic heterocycles. The molecule has 0 radical (unpaired) electrons. The molecule has 2 rings (SSSR count). The van der Waals surface area contributed by atoms with Gasteiger partial charge < -0.3 is 4.74 Å². The van der Waals surface area contributed by atoms with Gasteiger partial charge in [-0.05, 0) is 37.7 Å². The minimum Gasteiger partial charge on any atom is -0.376 e. The van der Waals surface area contributed by atoms with Crippen molar-refractivity contribution < 1.29 is 9.13 Å². The van der Waals surface area contributed by atoms with Gasteiger partial charge in [-0.1, -0.05) is 6.92 Å². The average Bonchev–Trinajstić information content (AvgIpc) is 2.44. The van der Waals surface area contributed by atoms with Crippen molar-refractivity contribution in [1.29, 1.82) is 0 Å². The highest BCUT2D eigenvalue weighted by Crippen LogP contribution is 2.42. The Hall–Kier alpha value is -1.04. The maximum absolute atomic E-state index is 14.0. The molecule has 4 nitrogen and oxygen atoms in total. The summed E-state index contributed by atoms with van der Waals surface area (Å²) in [6.07, 6.45) is 6.69. The Labute approximate surface area is 113 Å². The molecule has 0 spiro atoms. The van der Waals surface area contributed by atoms with Crippen LogP contribution in [0.1, 0.15) is 44.2 Å². The zero-order valence-corrected chi connectivity index (χ0v) is 11.5. The number of aromatic nitrogens is 1. The Morgan fingerprint density at radius 3 is 2.74 bits per heavy atom. The van der Waals surface area contributed by atoms with E-state index in [2.05, 4.69) is 17.3 Å². The van der Waals surface area contributed by atoms with Crippen LogP contribution in [-0.4, -0.2) is 17.7 Å². The predicted octanol–water partition coefficient (Wildman–Crippen LogP) is 2.32. The third-order valence-electron chi connectivity index (χ3n) is 4.33. The number of methoxy groups -OCH3 is 1. The monoisotopic (exact) mass is 267 g/mol. The smallest absolute Gasteiger partial charge is 0.146 e. The molecule has 1 fully saturated rings. The minimum atomic E-state index is -0.441. The third kappa shape index (κ3) is 2.78. The molecular weight excluding hydrogens is 245 g/mol. The molecule has 5 heteroatoms. The van der Waals surface area contributed by atoms with E-state index in [4.69, 9.17) is 10.6 Å². The van der Waals surface area contributed by atoms with Crippen molar-refractivity contribution >= 4 is 0 Å². The molecule has 1 saturated carbocycles. The Balaban J connectivity index is 2.32. The summed E-state index contributed by atoms with van der Waals surface area (Å²) in [4.78, 5) is 3.78. The fourth-order valence-corrected chi connectivity index (χ4v) is 3.01. The number of ether oxygens (including phenoxy) is 1. The van der Waals surface area contributed by atoms with Gasteiger partial charge in [0.25, 0.3) is 0 Å². The van der Waals surface area contributed by atoms with Crippen LogP contribution in [0.25, 0.3) is 0 Å². The molecule has 0 saturated heterocycles. The van der Waals surface area contributed by atoms with E-state index in [1.807, 2.05) is 0 Å². The van der Waals surface area contributed by atoms with Crippen molar-refractivity contribution in [3.63, 3.8) is 0 Å². The fraction of sp³-hybridized carbons (Fsp3) is 0.643. The average molecular weight is 267 g/mol. The van der Waals surface area contributed by atoms with E-state index in [1.165, 1.54) is 6.20 Å². The zero-order chi connectivity index (χ0) is 13.9. The molecule has 1 atom stereocenters. The van der Waals surface area contributed by atoms with Crippen LogP contribution < -0.4 is 11.3 Å². The van der Waals surface area contributed by atoms with Gasteiger partial charge in [0.2, 0.25) is 0 Å². The first-order valence-electron chi connectivity index (χ1n) is 6.73. The summed E-state index contributed by atoms with van der Waals surface area (Å²) in [5.74, 6) is 6.02. The summed E-state index contributed by atoms with van der Waals surface area (Å²) in [6, 6.07) is 1.31. The van der Waals surface area contributed by atoms with Crippen LogP contribution >= 0.6 is 0 Å². The first kappa shape index (κ1) is 14.4. The van der Waals surface area contributed by atoms with E-state index >= 15 is 0 Å². The van der Waals surface area contributed by atoms with E-state index in [0.29, 0.717) is 11.5 Å². The number of rotatable bonds is 4. The molecule has 19 heavy (non-hydrogen) atoms. The van der Waals surface area contributed by atoms with Crippen LogP contribution in [0, 0.1) is 11.7 Å². The topological polar surface area (TPSA) is 60.2 Å². The van der Waals surface area contributed by atoms with E-state index < -0.39 is 5.60 Å². The summed E-state index contributed by atoms with van der Waals surface area (Å²) >= 11 is 0. The molecule has 1 heterocycles. The van der Waals surface area contributed by atoms with Crippen LogP contribution in [0.2, 0.25) is 0 Å². The lowest BCUT2D eigenvalue weighted by Gasteiger charge is -2.43. The Morgan fingerprint density at radius 1 is 1.53 bits per heavy atom. The molecule has 1 aromatic heterocycles. The van der Waals surface area contributed by atoms with Gasteiger partial charge in [-0.25, -0.2) is 9.82 Å². The molecule has 1 aromatic rings. The van der Waals surface area contributed by atoms with Gasteiger partial charge >= 0.3 is 0 Å². The van der Waals surface area contributed by atoms with Crippen LogP contribution in [0.5, 0.6) is 0 Å². The number of halogens is 1. The summed E-state index contributed by atoms with van der Waals surface area (Å²) in [5.41, 5.74) is 2.82. The molecule has 106 valence electrons. The van der Waals surface area contributed by atoms with Gasteiger partial charge in [-0.3, -0.25) is 10.8 Å². The number of pyridine rings is 1. The molecule has 1 unspecified atom stereocenters. The zero-order valence-electron chi connectivity index (χ0n) is 11.5. The first-order chi connectivity index (χ1) is 9.13. The van der Waals surface area contributed by atoms with Gasteiger partial charge in [0.1, 0.15) is 5.82 Å². The number of nitrogens with two attached hydrogens (primary N) is 1. The first-order valence-corrected chi connectivity index (χ1v) is 6.73. The summed E-state index contributed by atoms with van der Waals surface area (Å²) in [5, 5.41) is 0. The highest BCUT2D eigenvalue weighted by molar-refractivity contribution is 5.22. The van der Waals surface area contributed by atoms with Gasteiger partial charge in [0.15, 0.2) is 0 Å². The number of hydrogen-bond donors (Lipinski definition) is 2. The number of nitrogens with zero attached hydrogens (tertiary/aromatic N) is 1. The second kappa shape index (κ2) is 5.94. The molecule has 1 aliphatic rings. The lowest BCUT2D eigenvalue weighted by atomic mass is 9.73. The quantitative estimate of drug-likeness (QED) is 0.649. The minimum absolute atomic E-state index is 0.347. The molecule has 0 bridgehead atoms. The molecular formula is C14H22FN3O. The van der Waals surface area contributed by atoms with E-state index in [-0.39, 0.29) is 11.9 Å². The highest BCUT2D eigenvalue weighted by Gasteiger charge is 2.42. The van der Waals surface area contributed by atoms with Crippen molar-refractivity contribution in [2.75, 3.05) is 7.11 Å². The number of hydrazine groups is 1. The van der Waals surface area contributed by atoms with E-state index in [1.54, 1.807) is 19.4 Å². The second-order valence-corrected chi connectivity index (χ2v) is 5.45. The van der Waals surface area contributed by atoms with Gasteiger partial charge in [-0.2, -0.15) is 0 Å². The van der Waals surface area contributed by atoms with E-state index in [9.17, 15) is 4.39 Å². The number of hydrogen-bond acceptors (Lipinski definition) is 4. The SMILES string of the molecule is COC1(C(NN)c2ccncc2F)CCC(C)CC1. The van der Waals surface area contributed by atoms with Crippen molar-refractivity contribution in [1.82, 2.24) is 10.4 Å². The van der Waals surface area contributed by atoms with Crippen molar-refractivity contribution in [3.05, 3.63) is 29.8 Å². The normalized spacial score (nSPS) is 29.2. The Bertz CT molecular complexity index is 419. The molecule has 0 amide bonds. The number of nitrogens with one attached hydrogen (secondary N) is 1. The van der Waals surface area contributed by atoms with Gasteiger partial charge in [0.05, 0.1) is 17.8 Å².